The molecule has 0 aromatic rings. The molecule has 1 aliphatic rings. The van der Waals surface area contributed by atoms with Gasteiger partial charge in [0.2, 0.25) is 0 Å². The monoisotopic (exact) mass is 171 g/mol. The van der Waals surface area contributed by atoms with E-state index in [9.17, 15) is 4.79 Å². The van der Waals surface area contributed by atoms with Crippen molar-refractivity contribution in [3.8, 4) is 0 Å². The number of carboxylic acid groups (broad SMARTS) is 1. The number of hydrogen-bond donors (Lipinski definition) is 2. The van der Waals surface area contributed by atoms with Crippen molar-refractivity contribution in [3.05, 3.63) is 0 Å². The minimum Gasteiger partial charge on any atom is -0.481 e. The summed E-state index contributed by atoms with van der Waals surface area (Å²) >= 11 is 0. The van der Waals surface area contributed by atoms with Gasteiger partial charge in [-0.3, -0.25) is 4.79 Å². The van der Waals surface area contributed by atoms with Gasteiger partial charge < -0.3 is 10.4 Å². The number of carbonyl (C=O) groups is 1. The Balaban J connectivity index is 2.60. The Kier molecular flexibility index (Phi) is 3.09. The third-order valence-electron chi connectivity index (χ3n) is 2.54. The second kappa shape index (κ2) is 3.90. The first-order valence-electron chi connectivity index (χ1n) is 4.59. The Hall–Kier alpha value is -0.570. The van der Waals surface area contributed by atoms with Crippen LogP contribution in [0.25, 0.3) is 0 Å². The number of carboxylic acids is 1. The minimum absolute atomic E-state index is 0.163. The van der Waals surface area contributed by atoms with E-state index in [-0.39, 0.29) is 12.0 Å². The fourth-order valence-corrected chi connectivity index (χ4v) is 1.89. The summed E-state index contributed by atoms with van der Waals surface area (Å²) in [7, 11) is 0. The summed E-state index contributed by atoms with van der Waals surface area (Å²) in [5, 5.41) is 12.2. The van der Waals surface area contributed by atoms with Crippen molar-refractivity contribution in [1.82, 2.24) is 5.32 Å². The van der Waals surface area contributed by atoms with E-state index in [1.807, 2.05) is 0 Å². The molecule has 12 heavy (non-hydrogen) atoms. The second-order valence-electron chi connectivity index (χ2n) is 3.81. The average Bonchev–Trinajstić information content (AvgIpc) is 2.04. The Morgan fingerprint density at radius 3 is 2.67 bits per heavy atom. The topological polar surface area (TPSA) is 49.3 Å². The van der Waals surface area contributed by atoms with E-state index < -0.39 is 5.97 Å². The van der Waals surface area contributed by atoms with Crippen molar-refractivity contribution < 1.29 is 9.90 Å². The first-order chi connectivity index (χ1) is 5.63. The van der Waals surface area contributed by atoms with E-state index in [4.69, 9.17) is 5.11 Å². The van der Waals surface area contributed by atoms with E-state index in [1.165, 1.54) is 0 Å². The molecule has 2 N–H and O–H groups in total. The highest BCUT2D eigenvalue weighted by molar-refractivity contribution is 5.71. The van der Waals surface area contributed by atoms with Crippen molar-refractivity contribution in [1.29, 1.82) is 0 Å². The summed E-state index contributed by atoms with van der Waals surface area (Å²) in [6, 6.07) is 0.163. The predicted molar refractivity (Wildman–Crippen MR) is 47.0 cm³/mol. The molecule has 1 heterocycles. The SMILES string of the molecule is CC(C)C1NCCCC1C(=O)O. The van der Waals surface area contributed by atoms with Crippen LogP contribution >= 0.6 is 0 Å². The van der Waals surface area contributed by atoms with Gasteiger partial charge in [-0.05, 0) is 25.3 Å². The van der Waals surface area contributed by atoms with E-state index in [0.29, 0.717) is 5.92 Å². The van der Waals surface area contributed by atoms with Crippen LogP contribution in [-0.2, 0) is 4.79 Å². The lowest BCUT2D eigenvalue weighted by Gasteiger charge is -2.32. The number of nitrogens with one attached hydrogen (secondary N) is 1. The molecular weight excluding hydrogens is 154 g/mol. The van der Waals surface area contributed by atoms with Crippen LogP contribution in [-0.4, -0.2) is 23.7 Å². The maximum Gasteiger partial charge on any atom is 0.308 e. The van der Waals surface area contributed by atoms with Gasteiger partial charge in [0, 0.05) is 6.04 Å². The third-order valence-corrected chi connectivity index (χ3v) is 2.54. The molecule has 1 rings (SSSR count). The maximum atomic E-state index is 10.8. The van der Waals surface area contributed by atoms with Gasteiger partial charge in [-0.2, -0.15) is 0 Å². The van der Waals surface area contributed by atoms with E-state index in [1.54, 1.807) is 0 Å². The second-order valence-corrected chi connectivity index (χ2v) is 3.81. The summed E-state index contributed by atoms with van der Waals surface area (Å²) in [5.74, 6) is -0.425. The highest BCUT2D eigenvalue weighted by atomic mass is 16.4. The molecule has 3 nitrogen and oxygen atoms in total. The Bertz CT molecular complexity index is 168. The zero-order valence-electron chi connectivity index (χ0n) is 7.71. The zero-order valence-corrected chi connectivity index (χ0v) is 7.71. The molecule has 0 aromatic carbocycles. The van der Waals surface area contributed by atoms with Crippen molar-refractivity contribution in [2.45, 2.75) is 32.7 Å². The molecule has 0 aliphatic carbocycles. The molecule has 0 aromatic heterocycles. The smallest absolute Gasteiger partial charge is 0.308 e. The molecule has 1 saturated heterocycles. The molecular formula is C9H17NO2. The fraction of sp³-hybridized carbons (Fsp3) is 0.889. The van der Waals surface area contributed by atoms with Gasteiger partial charge in [-0.25, -0.2) is 0 Å². The summed E-state index contributed by atoms with van der Waals surface area (Å²) in [5.41, 5.74) is 0. The highest BCUT2D eigenvalue weighted by Crippen LogP contribution is 2.21. The lowest BCUT2D eigenvalue weighted by atomic mass is 9.84. The van der Waals surface area contributed by atoms with Crippen LogP contribution in [0.2, 0.25) is 0 Å². The van der Waals surface area contributed by atoms with Crippen molar-refractivity contribution >= 4 is 5.97 Å². The van der Waals surface area contributed by atoms with Gasteiger partial charge in [0.15, 0.2) is 0 Å². The van der Waals surface area contributed by atoms with Crippen LogP contribution in [0, 0.1) is 11.8 Å². The fourth-order valence-electron chi connectivity index (χ4n) is 1.89. The Morgan fingerprint density at radius 2 is 2.25 bits per heavy atom. The normalized spacial score (nSPS) is 30.6. The molecule has 0 saturated carbocycles. The Labute approximate surface area is 73.2 Å². The molecule has 0 amide bonds. The van der Waals surface area contributed by atoms with Crippen LogP contribution in [0.5, 0.6) is 0 Å². The maximum absolute atomic E-state index is 10.8. The van der Waals surface area contributed by atoms with Crippen molar-refractivity contribution in [2.75, 3.05) is 6.54 Å². The molecule has 3 heteroatoms. The van der Waals surface area contributed by atoms with Crippen LogP contribution in [0.15, 0.2) is 0 Å². The quantitative estimate of drug-likeness (QED) is 0.654. The molecule has 0 bridgehead atoms. The summed E-state index contributed by atoms with van der Waals surface area (Å²) in [6.07, 6.45) is 1.81. The minimum atomic E-state index is -0.652. The first kappa shape index (κ1) is 9.52. The van der Waals surface area contributed by atoms with E-state index in [0.717, 1.165) is 19.4 Å². The van der Waals surface area contributed by atoms with Crippen LogP contribution in [0.3, 0.4) is 0 Å². The Morgan fingerprint density at radius 1 is 1.58 bits per heavy atom. The molecule has 70 valence electrons. The molecule has 0 spiro atoms. The first-order valence-corrected chi connectivity index (χ1v) is 4.59. The molecule has 1 aliphatic heterocycles. The number of rotatable bonds is 2. The van der Waals surface area contributed by atoms with Gasteiger partial charge in [0.05, 0.1) is 5.92 Å². The van der Waals surface area contributed by atoms with Gasteiger partial charge >= 0.3 is 5.97 Å². The summed E-state index contributed by atoms with van der Waals surface area (Å²) in [4.78, 5) is 10.8. The predicted octanol–water partition coefficient (Wildman–Crippen LogP) is 1.10. The van der Waals surface area contributed by atoms with Crippen molar-refractivity contribution in [3.63, 3.8) is 0 Å². The number of piperidine rings is 1. The summed E-state index contributed by atoms with van der Waals surface area (Å²) < 4.78 is 0. The molecule has 1 fully saturated rings. The van der Waals surface area contributed by atoms with Crippen LogP contribution in [0.4, 0.5) is 0 Å². The highest BCUT2D eigenvalue weighted by Gasteiger charge is 2.32. The zero-order chi connectivity index (χ0) is 9.14. The molecule has 0 radical (unpaired) electrons. The van der Waals surface area contributed by atoms with E-state index >= 15 is 0 Å². The standard InChI is InChI=1S/C9H17NO2/c1-6(2)8-7(9(11)12)4-3-5-10-8/h6-8,10H,3-5H2,1-2H3,(H,11,12). The van der Waals surface area contributed by atoms with E-state index in [2.05, 4.69) is 19.2 Å². The van der Waals surface area contributed by atoms with Crippen molar-refractivity contribution in [2.24, 2.45) is 11.8 Å². The number of hydrogen-bond acceptors (Lipinski definition) is 2. The largest absolute Gasteiger partial charge is 0.481 e. The average molecular weight is 171 g/mol. The third kappa shape index (κ3) is 1.97. The van der Waals surface area contributed by atoms with Gasteiger partial charge in [0.25, 0.3) is 0 Å². The van der Waals surface area contributed by atoms with Gasteiger partial charge in [-0.1, -0.05) is 13.8 Å². The lowest BCUT2D eigenvalue weighted by Crippen LogP contribution is -2.47. The van der Waals surface area contributed by atoms with Crippen LogP contribution < -0.4 is 5.32 Å². The van der Waals surface area contributed by atoms with Gasteiger partial charge in [-0.15, -0.1) is 0 Å². The lowest BCUT2D eigenvalue weighted by molar-refractivity contribution is -0.144. The van der Waals surface area contributed by atoms with Gasteiger partial charge in [0.1, 0.15) is 0 Å². The molecule has 2 unspecified atom stereocenters. The van der Waals surface area contributed by atoms with Crippen LogP contribution in [0.1, 0.15) is 26.7 Å². The molecule has 2 atom stereocenters. The number of aliphatic carboxylic acids is 1. The summed E-state index contributed by atoms with van der Waals surface area (Å²) in [6.45, 7) is 5.10.